The summed E-state index contributed by atoms with van der Waals surface area (Å²) in [6, 6.07) is 0. The molecule has 0 aliphatic carbocycles. The van der Waals surface area contributed by atoms with Gasteiger partial charge in [-0.1, -0.05) is 12.2 Å². The summed E-state index contributed by atoms with van der Waals surface area (Å²) in [4.78, 5) is 10.8. The summed E-state index contributed by atoms with van der Waals surface area (Å²) in [5.41, 5.74) is 1.86. The molecule has 1 aliphatic heterocycles. The first kappa shape index (κ1) is 11.2. The van der Waals surface area contributed by atoms with Crippen LogP contribution in [0.5, 0.6) is 0 Å². The molecule has 1 N–H and O–H groups in total. The molecule has 0 amide bonds. The normalized spacial score (nSPS) is 17.6. The number of hydrogen-bond donors (Lipinski definition) is 1. The minimum atomic E-state index is -0.251. The summed E-state index contributed by atoms with van der Waals surface area (Å²) in [5, 5.41) is 3.20. The largest absolute Gasteiger partial charge is 0.445 e. The van der Waals surface area contributed by atoms with Crippen LogP contribution in [0.4, 0.5) is 0 Å². The van der Waals surface area contributed by atoms with Crippen molar-refractivity contribution in [3.05, 3.63) is 23.5 Å². The van der Waals surface area contributed by atoms with Crippen molar-refractivity contribution in [3.63, 3.8) is 0 Å². The Morgan fingerprint density at radius 1 is 1.64 bits per heavy atom. The van der Waals surface area contributed by atoms with Gasteiger partial charge in [0, 0.05) is 12.6 Å². The first-order valence-corrected chi connectivity index (χ1v) is 5.76. The van der Waals surface area contributed by atoms with Gasteiger partial charge in [0.1, 0.15) is 0 Å². The molecule has 0 bridgehead atoms. The fourth-order valence-electron chi connectivity index (χ4n) is 1.24. The highest BCUT2D eigenvalue weighted by molar-refractivity contribution is 7.99. The van der Waals surface area contributed by atoms with E-state index in [1.165, 1.54) is 18.7 Å². The van der Waals surface area contributed by atoms with Gasteiger partial charge in [-0.3, -0.25) is 4.79 Å². The molecule has 4 heteroatoms. The molecule has 3 nitrogen and oxygen atoms in total. The van der Waals surface area contributed by atoms with Gasteiger partial charge in [0.15, 0.2) is 5.44 Å². The lowest BCUT2D eigenvalue weighted by atomic mass is 10.2. The molecule has 1 aliphatic rings. The summed E-state index contributed by atoms with van der Waals surface area (Å²) in [6.45, 7) is 3.42. The van der Waals surface area contributed by atoms with E-state index in [2.05, 4.69) is 11.4 Å². The number of carbonyl (C=O) groups excluding carboxylic acids is 1. The van der Waals surface area contributed by atoms with Crippen molar-refractivity contribution in [2.75, 3.05) is 6.26 Å². The summed E-state index contributed by atoms with van der Waals surface area (Å²) in [6.07, 6.45) is 6.95. The maximum absolute atomic E-state index is 10.8. The quantitative estimate of drug-likeness (QED) is 0.575. The molecule has 14 heavy (non-hydrogen) atoms. The maximum atomic E-state index is 10.8. The van der Waals surface area contributed by atoms with Gasteiger partial charge in [-0.25, -0.2) is 0 Å². The summed E-state index contributed by atoms with van der Waals surface area (Å²) in [7, 11) is 0. The lowest BCUT2D eigenvalue weighted by Crippen LogP contribution is -2.26. The molecule has 1 atom stereocenters. The molecule has 1 unspecified atom stereocenters. The monoisotopic (exact) mass is 213 g/mol. The van der Waals surface area contributed by atoms with E-state index < -0.39 is 0 Å². The number of thioether (sulfide) groups is 1. The van der Waals surface area contributed by atoms with Crippen LogP contribution in [-0.2, 0) is 9.53 Å². The molecule has 1 heterocycles. The van der Waals surface area contributed by atoms with E-state index in [1.807, 2.05) is 19.3 Å². The standard InChI is InChI=1S/C10H15NO2S/c1-7-5-4-6-9(11-7)10(14-3)13-8(2)12/h5-6,10-11H,4H2,1-3H3. The van der Waals surface area contributed by atoms with Crippen molar-refractivity contribution in [3.8, 4) is 0 Å². The zero-order valence-corrected chi connectivity index (χ0v) is 9.48. The first-order valence-electron chi connectivity index (χ1n) is 4.47. The third-order valence-electron chi connectivity index (χ3n) is 1.84. The van der Waals surface area contributed by atoms with E-state index >= 15 is 0 Å². The molecule has 0 fully saturated rings. The van der Waals surface area contributed by atoms with Crippen LogP contribution in [0.25, 0.3) is 0 Å². The smallest absolute Gasteiger partial charge is 0.304 e. The molecule has 0 spiro atoms. The van der Waals surface area contributed by atoms with Gasteiger partial charge in [0.25, 0.3) is 0 Å². The van der Waals surface area contributed by atoms with Crippen molar-refractivity contribution < 1.29 is 9.53 Å². The van der Waals surface area contributed by atoms with Gasteiger partial charge in [-0.15, -0.1) is 11.8 Å². The van der Waals surface area contributed by atoms with Crippen molar-refractivity contribution >= 4 is 17.7 Å². The fourth-order valence-corrected chi connectivity index (χ4v) is 1.88. The number of dihydropyridines is 1. The highest BCUT2D eigenvalue weighted by atomic mass is 32.2. The Hall–Kier alpha value is -0.900. The zero-order valence-electron chi connectivity index (χ0n) is 8.66. The second kappa shape index (κ2) is 5.10. The fraction of sp³-hybridized carbons (Fsp3) is 0.500. The van der Waals surface area contributed by atoms with Crippen LogP contribution in [0.2, 0.25) is 0 Å². The van der Waals surface area contributed by atoms with Gasteiger partial charge in [-0.05, 0) is 19.6 Å². The Balaban J connectivity index is 2.61. The van der Waals surface area contributed by atoms with Gasteiger partial charge in [0.05, 0.1) is 5.70 Å². The van der Waals surface area contributed by atoms with Crippen LogP contribution in [0, 0.1) is 0 Å². The van der Waals surface area contributed by atoms with Crippen molar-refractivity contribution in [2.24, 2.45) is 0 Å². The van der Waals surface area contributed by atoms with Gasteiger partial charge < -0.3 is 10.1 Å². The van der Waals surface area contributed by atoms with Crippen molar-refractivity contribution in [1.82, 2.24) is 5.32 Å². The Morgan fingerprint density at radius 2 is 2.36 bits per heavy atom. The average Bonchev–Trinajstić information content (AvgIpc) is 2.14. The Morgan fingerprint density at radius 3 is 2.86 bits per heavy atom. The number of allylic oxidation sites excluding steroid dienone is 3. The van der Waals surface area contributed by atoms with E-state index in [0.29, 0.717) is 0 Å². The Bertz CT molecular complexity index is 284. The second-order valence-electron chi connectivity index (χ2n) is 3.08. The SMILES string of the molecule is CSC(OC(C)=O)C1=CCC=C(C)N1. The van der Waals surface area contributed by atoms with E-state index in [4.69, 9.17) is 4.74 Å². The molecule has 78 valence electrons. The van der Waals surface area contributed by atoms with Gasteiger partial charge in [-0.2, -0.15) is 0 Å². The number of esters is 1. The van der Waals surface area contributed by atoms with Gasteiger partial charge >= 0.3 is 5.97 Å². The predicted molar refractivity (Wildman–Crippen MR) is 58.7 cm³/mol. The number of hydrogen-bond acceptors (Lipinski definition) is 4. The number of ether oxygens (including phenoxy) is 1. The van der Waals surface area contributed by atoms with Crippen LogP contribution >= 0.6 is 11.8 Å². The summed E-state index contributed by atoms with van der Waals surface area (Å²) in [5.74, 6) is -0.251. The van der Waals surface area contributed by atoms with Crippen LogP contribution in [0.1, 0.15) is 20.3 Å². The van der Waals surface area contributed by atoms with Crippen LogP contribution < -0.4 is 5.32 Å². The number of nitrogens with one attached hydrogen (secondary N) is 1. The lowest BCUT2D eigenvalue weighted by Gasteiger charge is -2.22. The molecule has 1 rings (SSSR count). The molecule has 0 radical (unpaired) electrons. The minimum Gasteiger partial charge on any atom is -0.445 e. The highest BCUT2D eigenvalue weighted by Gasteiger charge is 2.17. The minimum absolute atomic E-state index is 0.212. The molecule has 0 saturated carbocycles. The average molecular weight is 213 g/mol. The van der Waals surface area contributed by atoms with Crippen molar-refractivity contribution in [1.29, 1.82) is 0 Å². The van der Waals surface area contributed by atoms with E-state index in [9.17, 15) is 4.79 Å². The lowest BCUT2D eigenvalue weighted by molar-refractivity contribution is -0.141. The molecule has 0 saturated heterocycles. The second-order valence-corrected chi connectivity index (χ2v) is 3.98. The molecular weight excluding hydrogens is 198 g/mol. The molecule has 0 aromatic heterocycles. The summed E-state index contributed by atoms with van der Waals surface area (Å²) >= 11 is 1.51. The van der Waals surface area contributed by atoms with Gasteiger partial charge in [0.2, 0.25) is 0 Å². The Kier molecular flexibility index (Phi) is 4.07. The number of rotatable bonds is 3. The molecular formula is C10H15NO2S. The maximum Gasteiger partial charge on any atom is 0.304 e. The Labute approximate surface area is 88.6 Å². The van der Waals surface area contributed by atoms with E-state index in [1.54, 1.807) is 0 Å². The topological polar surface area (TPSA) is 38.3 Å². The van der Waals surface area contributed by atoms with Crippen LogP contribution in [0.15, 0.2) is 23.5 Å². The zero-order chi connectivity index (χ0) is 10.6. The van der Waals surface area contributed by atoms with Crippen molar-refractivity contribution in [2.45, 2.75) is 25.7 Å². The third kappa shape index (κ3) is 3.10. The predicted octanol–water partition coefficient (Wildman–Crippen LogP) is 2.02. The number of carbonyl (C=O) groups is 1. The van der Waals surface area contributed by atoms with Crippen LogP contribution in [-0.4, -0.2) is 17.7 Å². The molecule has 0 aromatic carbocycles. The van der Waals surface area contributed by atoms with E-state index in [-0.39, 0.29) is 11.4 Å². The van der Waals surface area contributed by atoms with E-state index in [0.717, 1.165) is 17.8 Å². The third-order valence-corrected chi connectivity index (χ3v) is 2.62. The molecule has 0 aromatic rings. The first-order chi connectivity index (χ1) is 6.63. The summed E-state index contributed by atoms with van der Waals surface area (Å²) < 4.78 is 5.15. The highest BCUT2D eigenvalue weighted by Crippen LogP contribution is 2.20. The van der Waals surface area contributed by atoms with Crippen LogP contribution in [0.3, 0.4) is 0 Å².